The van der Waals surface area contributed by atoms with E-state index in [1.165, 1.54) is 6.20 Å². The largest absolute Gasteiger partial charge is 0.378 e. The molecular weight excluding hydrogens is 266 g/mol. The number of hydrazine groups is 1. The third-order valence-electron chi connectivity index (χ3n) is 2.35. The number of allylic oxidation sites excluding steroid dienone is 7. The van der Waals surface area contributed by atoms with Gasteiger partial charge in [0.05, 0.1) is 6.61 Å². The zero-order valence-electron chi connectivity index (χ0n) is 12.6. The van der Waals surface area contributed by atoms with Crippen molar-refractivity contribution >= 4 is 5.91 Å². The van der Waals surface area contributed by atoms with Crippen LogP contribution in [0.3, 0.4) is 0 Å². The highest BCUT2D eigenvalue weighted by atomic mass is 16.5. The standard InChI is InChI=1S/C16H23N3O2/c1-5-8-14(6-2)11-13(3)16(20)19-15(12-21-4)9-7-10-18-17/h5-11,18H,1-2,12,17H2,3-4H3,(H,19,20)/b10-7-,13-11+,14-8+,15-9+. The number of hydrogen-bond donors (Lipinski definition) is 3. The summed E-state index contributed by atoms with van der Waals surface area (Å²) in [5.74, 6) is 4.90. The van der Waals surface area contributed by atoms with Gasteiger partial charge in [-0.3, -0.25) is 10.6 Å². The van der Waals surface area contributed by atoms with E-state index in [4.69, 9.17) is 10.6 Å². The normalized spacial score (nSPS) is 13.2. The molecular formula is C16H23N3O2. The Bertz CT molecular complexity index is 486. The van der Waals surface area contributed by atoms with Crippen LogP contribution >= 0.6 is 0 Å². The van der Waals surface area contributed by atoms with E-state index >= 15 is 0 Å². The SMILES string of the molecule is C=C/C=C(C=C)/C=C(\C)C(=O)N/C(=C/C=C\NN)COC. The molecule has 0 aromatic carbocycles. The fraction of sp³-hybridized carbons (Fsp3) is 0.188. The van der Waals surface area contributed by atoms with Gasteiger partial charge >= 0.3 is 0 Å². The number of ether oxygens (including phenoxy) is 1. The van der Waals surface area contributed by atoms with Gasteiger partial charge < -0.3 is 15.5 Å². The van der Waals surface area contributed by atoms with Gasteiger partial charge in [0.2, 0.25) is 0 Å². The molecule has 0 saturated carbocycles. The zero-order chi connectivity index (χ0) is 16.1. The second-order valence-electron chi connectivity index (χ2n) is 4.04. The summed E-state index contributed by atoms with van der Waals surface area (Å²) in [7, 11) is 1.55. The molecule has 5 heteroatoms. The molecule has 0 bridgehead atoms. The molecule has 0 spiro atoms. The summed E-state index contributed by atoms with van der Waals surface area (Å²) in [5, 5.41) is 2.77. The molecule has 0 rings (SSSR count). The van der Waals surface area contributed by atoms with Crippen molar-refractivity contribution < 1.29 is 9.53 Å². The summed E-state index contributed by atoms with van der Waals surface area (Å²) in [4.78, 5) is 12.1. The lowest BCUT2D eigenvalue weighted by Gasteiger charge is -2.09. The van der Waals surface area contributed by atoms with Gasteiger partial charge in [-0.2, -0.15) is 0 Å². The van der Waals surface area contributed by atoms with Crippen LogP contribution in [0.15, 0.2) is 72.7 Å². The molecule has 4 N–H and O–H groups in total. The molecule has 114 valence electrons. The molecule has 0 fully saturated rings. The Kier molecular flexibility index (Phi) is 10.2. The summed E-state index contributed by atoms with van der Waals surface area (Å²) in [6.45, 7) is 9.29. The van der Waals surface area contributed by atoms with Crippen molar-refractivity contribution in [2.75, 3.05) is 13.7 Å². The Hall–Kier alpha value is -2.37. The maximum absolute atomic E-state index is 12.1. The lowest BCUT2D eigenvalue weighted by molar-refractivity contribution is -0.116. The molecule has 0 radical (unpaired) electrons. The van der Waals surface area contributed by atoms with Crippen LogP contribution < -0.4 is 16.6 Å². The summed E-state index contributed by atoms with van der Waals surface area (Å²) in [6.07, 6.45) is 11.7. The number of carbonyl (C=O) groups excluding carboxylic acids is 1. The second-order valence-corrected chi connectivity index (χ2v) is 4.04. The lowest BCUT2D eigenvalue weighted by Crippen LogP contribution is -2.25. The zero-order valence-corrected chi connectivity index (χ0v) is 12.6. The first-order valence-electron chi connectivity index (χ1n) is 6.34. The van der Waals surface area contributed by atoms with E-state index in [9.17, 15) is 4.79 Å². The predicted octanol–water partition coefficient (Wildman–Crippen LogP) is 1.85. The number of methoxy groups -OCH3 is 1. The average Bonchev–Trinajstić information content (AvgIpc) is 2.46. The van der Waals surface area contributed by atoms with Crippen LogP contribution in [0.1, 0.15) is 6.92 Å². The monoisotopic (exact) mass is 289 g/mol. The van der Waals surface area contributed by atoms with Crippen LogP contribution in [0, 0.1) is 0 Å². The van der Waals surface area contributed by atoms with Gasteiger partial charge in [-0.05, 0) is 30.7 Å². The molecule has 0 aliphatic heterocycles. The van der Waals surface area contributed by atoms with Gasteiger partial charge in [-0.25, -0.2) is 0 Å². The first-order valence-corrected chi connectivity index (χ1v) is 6.34. The Morgan fingerprint density at radius 3 is 2.57 bits per heavy atom. The summed E-state index contributed by atoms with van der Waals surface area (Å²) < 4.78 is 5.03. The van der Waals surface area contributed by atoms with Crippen molar-refractivity contribution in [3.05, 3.63) is 72.7 Å². The Balaban J connectivity index is 4.97. The molecule has 1 amide bonds. The minimum atomic E-state index is -0.218. The molecule has 0 atom stereocenters. The highest BCUT2D eigenvalue weighted by molar-refractivity contribution is 5.94. The molecule has 0 aromatic rings. The first-order chi connectivity index (χ1) is 10.1. The smallest absolute Gasteiger partial charge is 0.251 e. The summed E-state index contributed by atoms with van der Waals surface area (Å²) in [6, 6.07) is 0. The second kappa shape index (κ2) is 11.5. The topological polar surface area (TPSA) is 76.4 Å². The third kappa shape index (κ3) is 8.41. The van der Waals surface area contributed by atoms with E-state index in [-0.39, 0.29) is 12.5 Å². The van der Waals surface area contributed by atoms with Crippen LogP contribution in [0.5, 0.6) is 0 Å². The van der Waals surface area contributed by atoms with Crippen LogP contribution in [-0.4, -0.2) is 19.6 Å². The fourth-order valence-electron chi connectivity index (χ4n) is 1.37. The van der Waals surface area contributed by atoms with Crippen LogP contribution in [0.2, 0.25) is 0 Å². The van der Waals surface area contributed by atoms with Crippen molar-refractivity contribution in [3.63, 3.8) is 0 Å². The number of nitrogens with two attached hydrogens (primary N) is 1. The van der Waals surface area contributed by atoms with E-state index in [1.54, 1.807) is 50.5 Å². The Morgan fingerprint density at radius 2 is 2.05 bits per heavy atom. The van der Waals surface area contributed by atoms with Crippen molar-refractivity contribution in [1.82, 2.24) is 10.7 Å². The number of carbonyl (C=O) groups is 1. The van der Waals surface area contributed by atoms with Gasteiger partial charge in [0.15, 0.2) is 0 Å². The molecule has 0 heterocycles. The number of nitrogens with one attached hydrogen (secondary N) is 2. The van der Waals surface area contributed by atoms with E-state index in [2.05, 4.69) is 23.9 Å². The number of amides is 1. The maximum atomic E-state index is 12.1. The highest BCUT2D eigenvalue weighted by Crippen LogP contribution is 2.05. The van der Waals surface area contributed by atoms with E-state index in [0.717, 1.165) is 5.57 Å². The Morgan fingerprint density at radius 1 is 1.33 bits per heavy atom. The fourth-order valence-corrected chi connectivity index (χ4v) is 1.37. The maximum Gasteiger partial charge on any atom is 0.251 e. The molecule has 0 aliphatic carbocycles. The molecule has 0 unspecified atom stereocenters. The lowest BCUT2D eigenvalue weighted by atomic mass is 10.1. The molecule has 5 nitrogen and oxygen atoms in total. The molecule has 0 saturated heterocycles. The van der Waals surface area contributed by atoms with Gasteiger partial charge in [-0.1, -0.05) is 31.4 Å². The van der Waals surface area contributed by atoms with Crippen molar-refractivity contribution in [2.24, 2.45) is 5.84 Å². The Labute approximate surface area is 126 Å². The van der Waals surface area contributed by atoms with Crippen LogP contribution in [0.25, 0.3) is 0 Å². The van der Waals surface area contributed by atoms with Gasteiger partial charge in [-0.15, -0.1) is 0 Å². The van der Waals surface area contributed by atoms with Gasteiger partial charge in [0.1, 0.15) is 0 Å². The van der Waals surface area contributed by atoms with E-state index in [1.807, 2.05) is 0 Å². The minimum absolute atomic E-state index is 0.218. The quantitative estimate of drug-likeness (QED) is 0.262. The molecule has 0 aromatic heterocycles. The number of rotatable bonds is 9. The molecule has 21 heavy (non-hydrogen) atoms. The summed E-state index contributed by atoms with van der Waals surface area (Å²) >= 11 is 0. The van der Waals surface area contributed by atoms with Crippen molar-refractivity contribution in [1.29, 1.82) is 0 Å². The highest BCUT2D eigenvalue weighted by Gasteiger charge is 2.06. The van der Waals surface area contributed by atoms with Crippen molar-refractivity contribution in [3.8, 4) is 0 Å². The average molecular weight is 289 g/mol. The minimum Gasteiger partial charge on any atom is -0.378 e. The van der Waals surface area contributed by atoms with Gasteiger partial charge in [0, 0.05) is 24.6 Å². The third-order valence-corrected chi connectivity index (χ3v) is 2.35. The van der Waals surface area contributed by atoms with Crippen LogP contribution in [0.4, 0.5) is 0 Å². The van der Waals surface area contributed by atoms with Gasteiger partial charge in [0.25, 0.3) is 5.91 Å². The van der Waals surface area contributed by atoms with Crippen LogP contribution in [-0.2, 0) is 9.53 Å². The molecule has 0 aliphatic rings. The van der Waals surface area contributed by atoms with E-state index < -0.39 is 0 Å². The van der Waals surface area contributed by atoms with E-state index in [0.29, 0.717) is 11.3 Å². The summed E-state index contributed by atoms with van der Waals surface area (Å²) in [5.41, 5.74) is 4.35. The van der Waals surface area contributed by atoms with Crippen molar-refractivity contribution in [2.45, 2.75) is 6.92 Å². The first kappa shape index (κ1) is 18.6. The predicted molar refractivity (Wildman–Crippen MR) is 86.8 cm³/mol. The number of hydrogen-bond acceptors (Lipinski definition) is 4.